The lowest BCUT2D eigenvalue weighted by atomic mass is 10.0. The average Bonchev–Trinajstić information content (AvgIpc) is 2.44. The maximum Gasteiger partial charge on any atom is 0.141 e. The molecule has 0 amide bonds. The van der Waals surface area contributed by atoms with Crippen LogP contribution in [0.1, 0.15) is 57.9 Å². The number of hydrogen-bond acceptors (Lipinski definition) is 2. The summed E-state index contributed by atoms with van der Waals surface area (Å²) in [4.78, 5) is 0. The van der Waals surface area contributed by atoms with Crippen LogP contribution >= 0.6 is 23.2 Å². The standard InChI is InChI=1S/C17H27Cl2NO/c1-3-5-6-7-8-9-21-17-13(11-15(20)4-2)10-14(18)12-16(17)19/h10,12,15H,3-9,11,20H2,1-2H3. The zero-order chi connectivity index (χ0) is 15.7. The van der Waals surface area contributed by atoms with E-state index in [1.165, 1.54) is 25.7 Å². The lowest BCUT2D eigenvalue weighted by Gasteiger charge is -2.16. The predicted molar refractivity (Wildman–Crippen MR) is 92.7 cm³/mol. The first-order chi connectivity index (χ1) is 10.1. The molecule has 1 aromatic carbocycles. The minimum Gasteiger partial charge on any atom is -0.492 e. The summed E-state index contributed by atoms with van der Waals surface area (Å²) in [7, 11) is 0. The topological polar surface area (TPSA) is 35.2 Å². The molecule has 21 heavy (non-hydrogen) atoms. The van der Waals surface area contributed by atoms with Crippen molar-refractivity contribution in [3.8, 4) is 5.75 Å². The third-order valence-electron chi connectivity index (χ3n) is 3.59. The third kappa shape index (κ3) is 6.90. The van der Waals surface area contributed by atoms with E-state index in [2.05, 4.69) is 13.8 Å². The number of ether oxygens (including phenoxy) is 1. The molecule has 0 radical (unpaired) electrons. The van der Waals surface area contributed by atoms with Gasteiger partial charge in [0.05, 0.1) is 11.6 Å². The molecule has 0 aliphatic rings. The molecule has 0 aromatic heterocycles. The van der Waals surface area contributed by atoms with Gasteiger partial charge in [-0.05, 0) is 37.0 Å². The van der Waals surface area contributed by atoms with Gasteiger partial charge in [0.2, 0.25) is 0 Å². The molecule has 0 aliphatic heterocycles. The lowest BCUT2D eigenvalue weighted by Crippen LogP contribution is -2.21. The zero-order valence-electron chi connectivity index (χ0n) is 13.1. The average molecular weight is 332 g/mol. The Bertz CT molecular complexity index is 423. The fraction of sp³-hybridized carbons (Fsp3) is 0.647. The van der Waals surface area contributed by atoms with Gasteiger partial charge in [-0.25, -0.2) is 0 Å². The lowest BCUT2D eigenvalue weighted by molar-refractivity contribution is 0.301. The summed E-state index contributed by atoms with van der Waals surface area (Å²) in [6.45, 7) is 4.98. The van der Waals surface area contributed by atoms with Crippen LogP contribution < -0.4 is 10.5 Å². The largest absolute Gasteiger partial charge is 0.492 e. The predicted octanol–water partition coefficient (Wildman–Crippen LogP) is 5.62. The van der Waals surface area contributed by atoms with Crippen LogP contribution in [0.5, 0.6) is 5.75 Å². The van der Waals surface area contributed by atoms with E-state index in [0.717, 1.165) is 30.6 Å². The van der Waals surface area contributed by atoms with Crippen LogP contribution in [0.3, 0.4) is 0 Å². The monoisotopic (exact) mass is 331 g/mol. The van der Waals surface area contributed by atoms with E-state index in [9.17, 15) is 0 Å². The number of benzene rings is 1. The Labute approximate surface area is 139 Å². The number of hydrogen-bond donors (Lipinski definition) is 1. The molecule has 4 heteroatoms. The molecule has 0 saturated heterocycles. The highest BCUT2D eigenvalue weighted by molar-refractivity contribution is 6.35. The summed E-state index contributed by atoms with van der Waals surface area (Å²) in [5, 5.41) is 1.21. The van der Waals surface area contributed by atoms with Crippen molar-refractivity contribution in [3.63, 3.8) is 0 Å². The number of rotatable bonds is 10. The Morgan fingerprint density at radius 1 is 1.10 bits per heavy atom. The molecule has 0 fully saturated rings. The minimum atomic E-state index is 0.103. The Kier molecular flexibility index (Phi) is 9.14. The molecule has 1 atom stereocenters. The van der Waals surface area contributed by atoms with Gasteiger partial charge in [-0.15, -0.1) is 0 Å². The third-order valence-corrected chi connectivity index (χ3v) is 4.09. The smallest absolute Gasteiger partial charge is 0.141 e. The van der Waals surface area contributed by atoms with Crippen LogP contribution in [-0.4, -0.2) is 12.6 Å². The fourth-order valence-corrected chi connectivity index (χ4v) is 2.82. The van der Waals surface area contributed by atoms with E-state index in [4.69, 9.17) is 33.7 Å². The van der Waals surface area contributed by atoms with Crippen LogP contribution in [0.15, 0.2) is 12.1 Å². The molecule has 0 aliphatic carbocycles. The molecule has 0 spiro atoms. The van der Waals surface area contributed by atoms with Crippen LogP contribution in [0.25, 0.3) is 0 Å². The van der Waals surface area contributed by atoms with Crippen molar-refractivity contribution in [3.05, 3.63) is 27.7 Å². The van der Waals surface area contributed by atoms with Gasteiger partial charge in [0, 0.05) is 11.1 Å². The SMILES string of the molecule is CCCCCCCOc1c(Cl)cc(Cl)cc1CC(N)CC. The van der Waals surface area contributed by atoms with Crippen molar-refractivity contribution in [2.45, 2.75) is 64.8 Å². The molecule has 120 valence electrons. The molecule has 1 unspecified atom stereocenters. The van der Waals surface area contributed by atoms with Gasteiger partial charge < -0.3 is 10.5 Å². The number of nitrogens with two attached hydrogens (primary N) is 1. The van der Waals surface area contributed by atoms with E-state index in [0.29, 0.717) is 16.7 Å². The van der Waals surface area contributed by atoms with E-state index < -0.39 is 0 Å². The Balaban J connectivity index is 2.62. The quantitative estimate of drug-likeness (QED) is 0.564. The summed E-state index contributed by atoms with van der Waals surface area (Å²) < 4.78 is 5.90. The summed E-state index contributed by atoms with van der Waals surface area (Å²) in [5.74, 6) is 0.750. The van der Waals surface area contributed by atoms with E-state index >= 15 is 0 Å². The van der Waals surface area contributed by atoms with Crippen molar-refractivity contribution in [1.82, 2.24) is 0 Å². The second kappa shape index (κ2) is 10.3. The second-order valence-electron chi connectivity index (χ2n) is 5.51. The molecular weight excluding hydrogens is 305 g/mol. The first kappa shape index (κ1) is 18.6. The van der Waals surface area contributed by atoms with Crippen molar-refractivity contribution in [1.29, 1.82) is 0 Å². The first-order valence-electron chi connectivity index (χ1n) is 7.94. The number of unbranched alkanes of at least 4 members (excludes halogenated alkanes) is 4. The van der Waals surface area contributed by atoms with E-state index in [1.807, 2.05) is 6.07 Å². The summed E-state index contributed by atoms with van der Waals surface area (Å²) >= 11 is 12.4. The first-order valence-corrected chi connectivity index (χ1v) is 8.70. The van der Waals surface area contributed by atoms with Crippen molar-refractivity contribution in [2.75, 3.05) is 6.61 Å². The minimum absolute atomic E-state index is 0.103. The van der Waals surface area contributed by atoms with Crippen LogP contribution in [0, 0.1) is 0 Å². The van der Waals surface area contributed by atoms with Crippen LogP contribution in [0.4, 0.5) is 0 Å². The maximum absolute atomic E-state index is 6.27. The van der Waals surface area contributed by atoms with Crippen molar-refractivity contribution >= 4 is 23.2 Å². The van der Waals surface area contributed by atoms with Crippen molar-refractivity contribution in [2.24, 2.45) is 5.73 Å². The summed E-state index contributed by atoms with van der Waals surface area (Å²) in [5.41, 5.74) is 7.05. The van der Waals surface area contributed by atoms with E-state index in [-0.39, 0.29) is 6.04 Å². The fourth-order valence-electron chi connectivity index (χ4n) is 2.23. The molecule has 2 N–H and O–H groups in total. The molecule has 1 aromatic rings. The molecule has 1 rings (SSSR count). The molecule has 0 bridgehead atoms. The van der Waals surface area contributed by atoms with Gasteiger partial charge in [0.1, 0.15) is 5.75 Å². The van der Waals surface area contributed by atoms with Gasteiger partial charge in [-0.1, -0.05) is 62.7 Å². The maximum atomic E-state index is 6.27. The highest BCUT2D eigenvalue weighted by Crippen LogP contribution is 2.33. The van der Waals surface area contributed by atoms with Gasteiger partial charge in [-0.3, -0.25) is 0 Å². The Morgan fingerprint density at radius 3 is 2.48 bits per heavy atom. The normalized spacial score (nSPS) is 12.4. The van der Waals surface area contributed by atoms with Gasteiger partial charge in [-0.2, -0.15) is 0 Å². The summed E-state index contributed by atoms with van der Waals surface area (Å²) in [6.07, 6.45) is 7.71. The van der Waals surface area contributed by atoms with Gasteiger partial charge >= 0.3 is 0 Å². The molecule has 0 heterocycles. The highest BCUT2D eigenvalue weighted by atomic mass is 35.5. The Hall–Kier alpha value is -0.440. The summed E-state index contributed by atoms with van der Waals surface area (Å²) in [6, 6.07) is 3.75. The molecule has 0 saturated carbocycles. The van der Waals surface area contributed by atoms with E-state index in [1.54, 1.807) is 6.07 Å². The van der Waals surface area contributed by atoms with Gasteiger partial charge in [0.15, 0.2) is 0 Å². The molecule has 2 nitrogen and oxygen atoms in total. The second-order valence-corrected chi connectivity index (χ2v) is 6.35. The van der Waals surface area contributed by atoms with Crippen LogP contribution in [-0.2, 0) is 6.42 Å². The molecular formula is C17H27Cl2NO. The zero-order valence-corrected chi connectivity index (χ0v) is 14.6. The Morgan fingerprint density at radius 2 is 1.81 bits per heavy atom. The van der Waals surface area contributed by atoms with Crippen molar-refractivity contribution < 1.29 is 4.74 Å². The van der Waals surface area contributed by atoms with Crippen LogP contribution in [0.2, 0.25) is 10.0 Å². The van der Waals surface area contributed by atoms with Gasteiger partial charge in [0.25, 0.3) is 0 Å². The highest BCUT2D eigenvalue weighted by Gasteiger charge is 2.13. The number of halogens is 2.